The topological polar surface area (TPSA) is 49.3 Å². The number of aliphatic hydroxyl groups is 1. The highest BCUT2D eigenvalue weighted by molar-refractivity contribution is 6.35. The van der Waals surface area contributed by atoms with Crippen molar-refractivity contribution in [3.63, 3.8) is 0 Å². The van der Waals surface area contributed by atoms with E-state index in [0.717, 1.165) is 37.7 Å². The number of carbonyl (C=O) groups is 1. The minimum absolute atomic E-state index is 0.0236. The molecule has 114 valence electrons. The van der Waals surface area contributed by atoms with Crippen LogP contribution in [0.3, 0.4) is 0 Å². The number of carbonyl (C=O) groups excluding carboxylic acids is 1. The zero-order chi connectivity index (χ0) is 15.0. The second kappa shape index (κ2) is 6.15. The van der Waals surface area contributed by atoms with Gasteiger partial charge in [0.25, 0.3) is 0 Å². The second-order valence-corrected chi connectivity index (χ2v) is 6.97. The van der Waals surface area contributed by atoms with Crippen LogP contribution in [-0.4, -0.2) is 23.2 Å². The van der Waals surface area contributed by atoms with Crippen LogP contribution in [0.2, 0.25) is 10.0 Å². The molecule has 2 aliphatic carbocycles. The van der Waals surface area contributed by atoms with Crippen molar-refractivity contribution in [1.82, 2.24) is 5.32 Å². The molecule has 2 aliphatic rings. The van der Waals surface area contributed by atoms with Crippen molar-refractivity contribution in [1.29, 1.82) is 0 Å². The van der Waals surface area contributed by atoms with Crippen molar-refractivity contribution >= 4 is 29.1 Å². The average Bonchev–Trinajstić information content (AvgIpc) is 3.21. The van der Waals surface area contributed by atoms with E-state index in [4.69, 9.17) is 23.2 Å². The van der Waals surface area contributed by atoms with Gasteiger partial charge in [0.1, 0.15) is 0 Å². The lowest BCUT2D eigenvalue weighted by molar-refractivity contribution is -0.123. The van der Waals surface area contributed by atoms with Gasteiger partial charge in [0.2, 0.25) is 5.91 Å². The van der Waals surface area contributed by atoms with Gasteiger partial charge in [-0.25, -0.2) is 0 Å². The maximum Gasteiger partial charge on any atom is 0.223 e. The number of hydrogen-bond acceptors (Lipinski definition) is 2. The van der Waals surface area contributed by atoms with Gasteiger partial charge in [-0.15, -0.1) is 0 Å². The Hall–Kier alpha value is -0.770. The number of aliphatic hydroxyl groups excluding tert-OH is 1. The van der Waals surface area contributed by atoms with Gasteiger partial charge in [0, 0.05) is 22.0 Å². The fraction of sp³-hybridized carbons (Fsp3) is 0.562. The van der Waals surface area contributed by atoms with Crippen molar-refractivity contribution in [3.8, 4) is 0 Å². The number of nitrogens with one attached hydrogen (secondary N) is 1. The Bertz CT molecular complexity index is 541. The molecule has 0 saturated heterocycles. The third-order valence-electron chi connectivity index (χ3n) is 4.53. The fourth-order valence-electron chi connectivity index (χ4n) is 3.16. The summed E-state index contributed by atoms with van der Waals surface area (Å²) >= 11 is 12.1. The Morgan fingerprint density at radius 3 is 2.57 bits per heavy atom. The van der Waals surface area contributed by atoms with Crippen LogP contribution in [0.25, 0.3) is 0 Å². The maximum absolute atomic E-state index is 12.3. The molecule has 21 heavy (non-hydrogen) atoms. The van der Waals surface area contributed by atoms with Crippen LogP contribution in [-0.2, 0) is 4.79 Å². The van der Waals surface area contributed by atoms with E-state index in [1.165, 1.54) is 0 Å². The molecule has 0 aliphatic heterocycles. The molecule has 1 aromatic rings. The number of hydrogen-bond donors (Lipinski definition) is 2. The summed E-state index contributed by atoms with van der Waals surface area (Å²) in [5.41, 5.74) is 1.01. The molecular weight excluding hydrogens is 309 g/mol. The van der Waals surface area contributed by atoms with Crippen molar-refractivity contribution in [2.75, 3.05) is 0 Å². The summed E-state index contributed by atoms with van der Waals surface area (Å²) in [5, 5.41) is 13.9. The fourth-order valence-corrected chi connectivity index (χ4v) is 3.71. The van der Waals surface area contributed by atoms with Gasteiger partial charge < -0.3 is 10.4 Å². The monoisotopic (exact) mass is 327 g/mol. The first-order valence-electron chi connectivity index (χ1n) is 7.48. The molecule has 5 heteroatoms. The van der Waals surface area contributed by atoms with Crippen LogP contribution < -0.4 is 5.32 Å². The van der Waals surface area contributed by atoms with E-state index in [1.54, 1.807) is 6.07 Å². The van der Waals surface area contributed by atoms with E-state index in [0.29, 0.717) is 10.0 Å². The molecule has 0 heterocycles. The van der Waals surface area contributed by atoms with Gasteiger partial charge in [-0.3, -0.25) is 4.79 Å². The first kappa shape index (κ1) is 15.1. The lowest BCUT2D eigenvalue weighted by Crippen LogP contribution is -2.39. The maximum atomic E-state index is 12.3. The molecule has 0 aromatic heterocycles. The highest BCUT2D eigenvalue weighted by atomic mass is 35.5. The summed E-state index contributed by atoms with van der Waals surface area (Å²) in [7, 11) is 0. The van der Waals surface area contributed by atoms with E-state index in [1.807, 2.05) is 12.1 Å². The van der Waals surface area contributed by atoms with Crippen LogP contribution in [0, 0.1) is 5.92 Å². The van der Waals surface area contributed by atoms with Gasteiger partial charge in [-0.05, 0) is 55.7 Å². The largest absolute Gasteiger partial charge is 0.393 e. The van der Waals surface area contributed by atoms with Gasteiger partial charge in [-0.2, -0.15) is 0 Å². The number of amides is 1. The number of halogens is 2. The molecular formula is C16H19Cl2NO2. The van der Waals surface area contributed by atoms with Gasteiger partial charge in [0.05, 0.1) is 6.10 Å². The molecule has 0 bridgehead atoms. The summed E-state index contributed by atoms with van der Waals surface area (Å²) in [6.45, 7) is 0. The Morgan fingerprint density at radius 1 is 1.19 bits per heavy atom. The van der Waals surface area contributed by atoms with Crippen molar-refractivity contribution in [3.05, 3.63) is 33.8 Å². The first-order chi connectivity index (χ1) is 10.0. The lowest BCUT2D eigenvalue weighted by Gasteiger charge is -2.26. The molecule has 2 saturated carbocycles. The van der Waals surface area contributed by atoms with Crippen molar-refractivity contribution in [2.45, 2.75) is 50.2 Å². The predicted molar refractivity (Wildman–Crippen MR) is 83.7 cm³/mol. The molecule has 2 N–H and O–H groups in total. The third kappa shape index (κ3) is 3.53. The Balaban J connectivity index is 1.56. The van der Waals surface area contributed by atoms with E-state index in [-0.39, 0.29) is 29.9 Å². The number of benzene rings is 1. The Morgan fingerprint density at radius 2 is 1.90 bits per heavy atom. The number of rotatable bonds is 3. The van der Waals surface area contributed by atoms with Crippen LogP contribution in [0.1, 0.15) is 43.6 Å². The predicted octanol–water partition coefficient (Wildman–Crippen LogP) is 3.52. The van der Waals surface area contributed by atoms with E-state index in [9.17, 15) is 9.90 Å². The third-order valence-corrected chi connectivity index (χ3v) is 5.09. The summed E-state index contributed by atoms with van der Waals surface area (Å²) in [4.78, 5) is 12.3. The molecule has 3 rings (SSSR count). The smallest absolute Gasteiger partial charge is 0.223 e. The molecule has 1 aromatic carbocycles. The lowest BCUT2D eigenvalue weighted by atomic mass is 9.93. The van der Waals surface area contributed by atoms with Crippen LogP contribution >= 0.6 is 23.2 Å². The second-order valence-electron chi connectivity index (χ2n) is 6.13. The molecule has 0 radical (unpaired) electrons. The van der Waals surface area contributed by atoms with Gasteiger partial charge >= 0.3 is 0 Å². The van der Waals surface area contributed by atoms with Gasteiger partial charge in [0.15, 0.2) is 0 Å². The molecule has 0 spiro atoms. The van der Waals surface area contributed by atoms with E-state index >= 15 is 0 Å². The summed E-state index contributed by atoms with van der Waals surface area (Å²) in [6, 6.07) is 5.68. The minimum Gasteiger partial charge on any atom is -0.393 e. The Kier molecular flexibility index (Phi) is 4.43. The zero-order valence-electron chi connectivity index (χ0n) is 11.7. The molecule has 2 atom stereocenters. The standard InChI is InChI=1S/C16H19Cl2NO2/c17-9-1-6-12(15(18)7-9)13-8-14(13)16(21)19-10-2-4-11(20)5-3-10/h1,6-7,10-11,13-14,20H,2-5,8H2,(H,19,21)/t10?,11?,13-,14-/m0/s1. The van der Waals surface area contributed by atoms with Crippen LogP contribution in [0.5, 0.6) is 0 Å². The van der Waals surface area contributed by atoms with Crippen LogP contribution in [0.4, 0.5) is 0 Å². The normalized spacial score (nSPS) is 31.8. The zero-order valence-corrected chi connectivity index (χ0v) is 13.2. The molecule has 1 amide bonds. The van der Waals surface area contributed by atoms with E-state index in [2.05, 4.69) is 5.32 Å². The quantitative estimate of drug-likeness (QED) is 0.892. The highest BCUT2D eigenvalue weighted by Gasteiger charge is 2.45. The summed E-state index contributed by atoms with van der Waals surface area (Å²) in [6.07, 6.45) is 3.95. The summed E-state index contributed by atoms with van der Waals surface area (Å²) in [5.74, 6) is 0.354. The van der Waals surface area contributed by atoms with Crippen molar-refractivity contribution in [2.24, 2.45) is 5.92 Å². The first-order valence-corrected chi connectivity index (χ1v) is 8.23. The average molecular weight is 328 g/mol. The minimum atomic E-state index is -0.195. The van der Waals surface area contributed by atoms with E-state index < -0.39 is 0 Å². The molecule has 3 nitrogen and oxygen atoms in total. The molecule has 0 unspecified atom stereocenters. The SMILES string of the molecule is O=C(NC1CCC(O)CC1)[C@H]1C[C@H]1c1ccc(Cl)cc1Cl. The van der Waals surface area contributed by atoms with Gasteiger partial charge in [-0.1, -0.05) is 29.3 Å². The Labute approximate surface area is 134 Å². The molecule has 2 fully saturated rings. The highest BCUT2D eigenvalue weighted by Crippen LogP contribution is 2.50. The summed E-state index contributed by atoms with van der Waals surface area (Å²) < 4.78 is 0. The van der Waals surface area contributed by atoms with Crippen molar-refractivity contribution < 1.29 is 9.90 Å². The van der Waals surface area contributed by atoms with Crippen LogP contribution in [0.15, 0.2) is 18.2 Å².